The second-order valence-electron chi connectivity index (χ2n) is 24.9. The molecule has 0 amide bonds. The van der Waals surface area contributed by atoms with Crippen molar-refractivity contribution in [3.8, 4) is 0 Å². The molecule has 0 N–H and O–H groups in total. The molecule has 0 aromatic rings. The van der Waals surface area contributed by atoms with Crippen LogP contribution in [0.5, 0.6) is 0 Å². The van der Waals surface area contributed by atoms with Gasteiger partial charge in [-0.3, -0.25) is 14.4 Å². The molecule has 0 aromatic carbocycles. The number of hydrogen-bond donors (Lipinski definition) is 0. The zero-order valence-electron chi connectivity index (χ0n) is 55.7. The molecular weight excluding hydrogens is 1020 g/mol. The first kappa shape index (κ1) is 80.1. The van der Waals surface area contributed by atoms with Gasteiger partial charge in [0.25, 0.3) is 0 Å². The van der Waals surface area contributed by atoms with Crippen LogP contribution < -0.4 is 0 Å². The minimum Gasteiger partial charge on any atom is -0.462 e. The van der Waals surface area contributed by atoms with Crippen LogP contribution in [-0.2, 0) is 28.6 Å². The molecule has 1 unspecified atom stereocenters. The zero-order chi connectivity index (χ0) is 59.9. The van der Waals surface area contributed by atoms with E-state index in [1.54, 1.807) is 0 Å². The van der Waals surface area contributed by atoms with Gasteiger partial charge in [0, 0.05) is 19.3 Å². The predicted octanol–water partition coefficient (Wildman–Crippen LogP) is 25.5. The van der Waals surface area contributed by atoms with E-state index in [9.17, 15) is 14.4 Å². The Labute approximate surface area is 517 Å². The van der Waals surface area contributed by atoms with Gasteiger partial charge in [-0.15, -0.1) is 0 Å². The van der Waals surface area contributed by atoms with Gasteiger partial charge in [0.1, 0.15) is 13.2 Å². The largest absolute Gasteiger partial charge is 0.462 e. The number of unbranched alkanes of at least 4 members (excludes halogenated alkanes) is 47. The third-order valence-electron chi connectivity index (χ3n) is 16.5. The number of esters is 3. The Morgan fingerprint density at radius 1 is 0.241 bits per heavy atom. The van der Waals surface area contributed by atoms with Crippen molar-refractivity contribution in [3.63, 3.8) is 0 Å². The summed E-state index contributed by atoms with van der Waals surface area (Å²) in [5.74, 6) is -0.874. The molecule has 0 saturated carbocycles. The SMILES string of the molecule is CCCCCC/C=C\C/C=C\CCCCCCCCCC(=O)OCC(COC(=O)CCCCCCCCCCCCCCCCCCCCCCCCCCCC)OC(=O)CCCCCCCC/C=C\C/C=C\C/C=C\CCCCCCC. The molecule has 0 heterocycles. The highest BCUT2D eigenvalue weighted by Crippen LogP contribution is 2.18. The lowest BCUT2D eigenvalue weighted by atomic mass is 10.0. The van der Waals surface area contributed by atoms with Crippen LogP contribution in [0.15, 0.2) is 60.8 Å². The molecule has 484 valence electrons. The molecule has 1 atom stereocenters. The van der Waals surface area contributed by atoms with Crippen molar-refractivity contribution in [3.05, 3.63) is 60.8 Å². The lowest BCUT2D eigenvalue weighted by Crippen LogP contribution is -2.30. The van der Waals surface area contributed by atoms with Crippen LogP contribution in [0, 0.1) is 0 Å². The van der Waals surface area contributed by atoms with E-state index in [-0.39, 0.29) is 31.1 Å². The number of ether oxygens (including phenoxy) is 3. The minimum atomic E-state index is -0.786. The Bertz CT molecular complexity index is 1470. The van der Waals surface area contributed by atoms with E-state index >= 15 is 0 Å². The molecule has 0 aliphatic heterocycles. The van der Waals surface area contributed by atoms with Crippen molar-refractivity contribution in [1.29, 1.82) is 0 Å². The number of carbonyl (C=O) groups is 3. The van der Waals surface area contributed by atoms with Gasteiger partial charge in [-0.05, 0) is 89.9 Å². The van der Waals surface area contributed by atoms with Crippen molar-refractivity contribution >= 4 is 17.9 Å². The Morgan fingerprint density at radius 2 is 0.434 bits per heavy atom. The van der Waals surface area contributed by atoms with Crippen molar-refractivity contribution < 1.29 is 28.6 Å². The average molecular weight is 1160 g/mol. The third kappa shape index (κ3) is 69.8. The Hall–Kier alpha value is -2.89. The third-order valence-corrected chi connectivity index (χ3v) is 16.5. The molecule has 6 heteroatoms. The minimum absolute atomic E-state index is 0.0786. The van der Waals surface area contributed by atoms with Crippen molar-refractivity contribution in [2.75, 3.05) is 13.2 Å². The van der Waals surface area contributed by atoms with E-state index in [0.717, 1.165) is 96.3 Å². The average Bonchev–Trinajstić information content (AvgIpc) is 3.50. The first-order valence-corrected chi connectivity index (χ1v) is 36.8. The van der Waals surface area contributed by atoms with Crippen LogP contribution in [0.25, 0.3) is 0 Å². The number of carbonyl (C=O) groups excluding carboxylic acids is 3. The number of rotatable bonds is 68. The fourth-order valence-corrected chi connectivity index (χ4v) is 11.0. The van der Waals surface area contributed by atoms with Crippen LogP contribution >= 0.6 is 0 Å². The second-order valence-corrected chi connectivity index (χ2v) is 24.9. The summed E-state index contributed by atoms with van der Waals surface area (Å²) >= 11 is 0. The van der Waals surface area contributed by atoms with Crippen LogP contribution in [0.1, 0.15) is 393 Å². The molecular formula is C77H140O6. The highest BCUT2D eigenvalue weighted by Gasteiger charge is 2.19. The molecule has 0 aliphatic rings. The highest BCUT2D eigenvalue weighted by atomic mass is 16.6. The summed E-state index contributed by atoms with van der Waals surface area (Å²) in [5.41, 5.74) is 0. The second kappa shape index (κ2) is 71.6. The molecule has 0 bridgehead atoms. The Kier molecular flexibility index (Phi) is 69.1. The first-order valence-electron chi connectivity index (χ1n) is 36.8. The summed E-state index contributed by atoms with van der Waals surface area (Å²) in [6, 6.07) is 0. The Balaban J connectivity index is 4.33. The van der Waals surface area contributed by atoms with Crippen LogP contribution in [0.3, 0.4) is 0 Å². The van der Waals surface area contributed by atoms with E-state index in [1.807, 2.05) is 0 Å². The Morgan fingerprint density at radius 3 is 0.687 bits per heavy atom. The van der Waals surface area contributed by atoms with Gasteiger partial charge < -0.3 is 14.2 Å². The van der Waals surface area contributed by atoms with Gasteiger partial charge >= 0.3 is 17.9 Å². The molecule has 0 rings (SSSR count). The zero-order valence-corrected chi connectivity index (χ0v) is 55.7. The van der Waals surface area contributed by atoms with E-state index in [0.29, 0.717) is 19.3 Å². The highest BCUT2D eigenvalue weighted by molar-refractivity contribution is 5.71. The van der Waals surface area contributed by atoms with Gasteiger partial charge in [0.2, 0.25) is 0 Å². The monoisotopic (exact) mass is 1160 g/mol. The summed E-state index contributed by atoms with van der Waals surface area (Å²) in [6.45, 7) is 6.67. The quantitative estimate of drug-likeness (QED) is 0.0261. The van der Waals surface area contributed by atoms with Gasteiger partial charge in [-0.1, -0.05) is 345 Å². The number of allylic oxidation sites excluding steroid dienone is 10. The van der Waals surface area contributed by atoms with Crippen LogP contribution in [0.2, 0.25) is 0 Å². The maximum atomic E-state index is 13.0. The molecule has 0 radical (unpaired) electrons. The summed E-state index contributed by atoms with van der Waals surface area (Å²) in [6.07, 6.45) is 92.5. The summed E-state index contributed by atoms with van der Waals surface area (Å²) in [5, 5.41) is 0. The van der Waals surface area contributed by atoms with E-state index in [4.69, 9.17) is 14.2 Å². The standard InChI is InChI=1S/C77H140O6/c1-4-7-10-13-16-19-22-25-28-31-34-36-37-38-39-40-42-43-46-49-52-55-58-61-64-67-70-76(79)82-73-74(72-81-75(78)69-66-63-60-57-54-51-48-45-33-30-27-24-21-18-15-12-9-6-3)83-77(80)71-68-65-62-59-56-53-50-47-44-41-35-32-29-26-23-20-17-14-11-8-5-2/h21,23-24,26,30,32-33,35,44,47,74H,4-20,22,25,27-29,31,34,36-43,45-46,48-73H2,1-3H3/b24-21-,26-23-,33-30-,35-32-,47-44-. The predicted molar refractivity (Wildman–Crippen MR) is 362 cm³/mol. The molecule has 83 heavy (non-hydrogen) atoms. The van der Waals surface area contributed by atoms with Crippen LogP contribution in [-0.4, -0.2) is 37.2 Å². The maximum absolute atomic E-state index is 13.0. The van der Waals surface area contributed by atoms with Gasteiger partial charge in [-0.2, -0.15) is 0 Å². The van der Waals surface area contributed by atoms with E-state index in [2.05, 4.69) is 81.5 Å². The van der Waals surface area contributed by atoms with Gasteiger partial charge in [-0.25, -0.2) is 0 Å². The smallest absolute Gasteiger partial charge is 0.306 e. The fourth-order valence-electron chi connectivity index (χ4n) is 11.0. The lowest BCUT2D eigenvalue weighted by Gasteiger charge is -2.18. The van der Waals surface area contributed by atoms with Gasteiger partial charge in [0.15, 0.2) is 6.10 Å². The van der Waals surface area contributed by atoms with E-state index < -0.39 is 6.10 Å². The van der Waals surface area contributed by atoms with Crippen molar-refractivity contribution in [2.45, 2.75) is 399 Å². The summed E-state index contributed by atoms with van der Waals surface area (Å²) in [4.78, 5) is 38.5. The van der Waals surface area contributed by atoms with Crippen LogP contribution in [0.4, 0.5) is 0 Å². The topological polar surface area (TPSA) is 78.9 Å². The van der Waals surface area contributed by atoms with Gasteiger partial charge in [0.05, 0.1) is 0 Å². The van der Waals surface area contributed by atoms with Crippen molar-refractivity contribution in [2.24, 2.45) is 0 Å². The maximum Gasteiger partial charge on any atom is 0.306 e. The van der Waals surface area contributed by atoms with E-state index in [1.165, 1.54) is 257 Å². The number of hydrogen-bond acceptors (Lipinski definition) is 6. The molecule has 0 saturated heterocycles. The normalized spacial score (nSPS) is 12.4. The molecule has 0 aromatic heterocycles. The molecule has 0 spiro atoms. The van der Waals surface area contributed by atoms with Crippen molar-refractivity contribution in [1.82, 2.24) is 0 Å². The molecule has 0 fully saturated rings. The summed E-state index contributed by atoms with van der Waals surface area (Å²) in [7, 11) is 0. The fraction of sp³-hybridized carbons (Fsp3) is 0.831. The molecule has 0 aliphatic carbocycles. The first-order chi connectivity index (χ1) is 41.0. The lowest BCUT2D eigenvalue weighted by molar-refractivity contribution is -0.167. The summed E-state index contributed by atoms with van der Waals surface area (Å²) < 4.78 is 17.0. The molecule has 6 nitrogen and oxygen atoms in total.